The van der Waals surface area contributed by atoms with Crippen molar-refractivity contribution in [2.24, 2.45) is 0 Å². The summed E-state index contributed by atoms with van der Waals surface area (Å²) >= 11 is 0. The van der Waals surface area contributed by atoms with Crippen molar-refractivity contribution >= 4 is 5.91 Å². The Morgan fingerprint density at radius 2 is 0.868 bits per heavy atom. The molecule has 2 aliphatic rings. The van der Waals surface area contributed by atoms with Crippen molar-refractivity contribution in [3.05, 3.63) is 24.3 Å². The fourth-order valence-corrected chi connectivity index (χ4v) is 10.6. The third-order valence-electron chi connectivity index (χ3n) is 15.7. The molecule has 0 aromatic carbocycles. The molecule has 0 bridgehead atoms. The maximum atomic E-state index is 13.3. The first-order valence-corrected chi connectivity index (χ1v) is 31.6. The number of aliphatic hydroxyl groups excluding tert-OH is 8. The SMILES string of the molecule is CCCCCC/C=C\C/C=C\CCCCCCCC(=O)NC(COC1OC(CO)C(OC2OC(CO)C(O)C(O)C2O)C(O)C1O)C(O)CCCCCCCCCCCCCCCCCCCCCCCCCCCC. The zero-order valence-electron chi connectivity index (χ0n) is 48.3. The van der Waals surface area contributed by atoms with E-state index in [1.165, 1.54) is 167 Å². The first-order chi connectivity index (χ1) is 37.1. The lowest BCUT2D eigenvalue weighted by molar-refractivity contribution is -0.359. The van der Waals surface area contributed by atoms with Crippen LogP contribution in [0, 0.1) is 0 Å². The normalized spacial score (nSPS) is 25.0. The first-order valence-electron chi connectivity index (χ1n) is 31.6. The molecule has 2 rings (SSSR count). The quantitative estimate of drug-likeness (QED) is 0.0204. The molecule has 2 heterocycles. The molecule has 0 aliphatic carbocycles. The molecule has 12 unspecified atom stereocenters. The van der Waals surface area contributed by atoms with Gasteiger partial charge in [0, 0.05) is 6.42 Å². The van der Waals surface area contributed by atoms with E-state index in [1.807, 2.05) is 0 Å². The van der Waals surface area contributed by atoms with Crippen molar-refractivity contribution in [1.82, 2.24) is 5.32 Å². The van der Waals surface area contributed by atoms with Gasteiger partial charge in [0.15, 0.2) is 12.6 Å². The monoisotopic (exact) mass is 1080 g/mol. The molecule has 448 valence electrons. The van der Waals surface area contributed by atoms with Crippen LogP contribution in [0.1, 0.15) is 271 Å². The van der Waals surface area contributed by atoms with Crippen molar-refractivity contribution in [2.45, 2.75) is 344 Å². The smallest absolute Gasteiger partial charge is 0.220 e. The molecule has 0 aromatic heterocycles. The van der Waals surface area contributed by atoms with Crippen LogP contribution in [0.2, 0.25) is 0 Å². The second-order valence-corrected chi connectivity index (χ2v) is 22.5. The van der Waals surface area contributed by atoms with Crippen molar-refractivity contribution in [1.29, 1.82) is 0 Å². The van der Waals surface area contributed by atoms with Gasteiger partial charge in [-0.25, -0.2) is 0 Å². The van der Waals surface area contributed by atoms with Crippen molar-refractivity contribution in [2.75, 3.05) is 19.8 Å². The average molecular weight is 1080 g/mol. The van der Waals surface area contributed by atoms with Crippen LogP contribution in [-0.4, -0.2) is 140 Å². The molecule has 14 heteroatoms. The lowest BCUT2D eigenvalue weighted by atomic mass is 9.97. The molecule has 14 nitrogen and oxygen atoms in total. The van der Waals surface area contributed by atoms with E-state index in [0.29, 0.717) is 12.8 Å². The van der Waals surface area contributed by atoms with E-state index in [1.54, 1.807) is 0 Å². The molecule has 2 fully saturated rings. The first kappa shape index (κ1) is 70.6. The fourth-order valence-electron chi connectivity index (χ4n) is 10.6. The van der Waals surface area contributed by atoms with Gasteiger partial charge >= 0.3 is 0 Å². The molecule has 76 heavy (non-hydrogen) atoms. The highest BCUT2D eigenvalue weighted by Crippen LogP contribution is 2.30. The number of aliphatic hydroxyl groups is 8. The van der Waals surface area contributed by atoms with E-state index in [2.05, 4.69) is 43.5 Å². The molecule has 2 saturated heterocycles. The highest BCUT2D eigenvalue weighted by Gasteiger charge is 2.51. The summed E-state index contributed by atoms with van der Waals surface area (Å²) < 4.78 is 22.9. The van der Waals surface area contributed by atoms with E-state index in [4.69, 9.17) is 18.9 Å². The zero-order chi connectivity index (χ0) is 55.3. The van der Waals surface area contributed by atoms with Gasteiger partial charge < -0.3 is 65.1 Å². The van der Waals surface area contributed by atoms with E-state index < -0.39 is 86.8 Å². The minimum absolute atomic E-state index is 0.217. The largest absolute Gasteiger partial charge is 0.394 e. The van der Waals surface area contributed by atoms with Crippen LogP contribution in [-0.2, 0) is 23.7 Å². The number of carbonyl (C=O) groups is 1. The summed E-state index contributed by atoms with van der Waals surface area (Å²) in [5.41, 5.74) is 0. The summed E-state index contributed by atoms with van der Waals surface area (Å²) in [6, 6.07) is -0.835. The van der Waals surface area contributed by atoms with Gasteiger partial charge in [0.2, 0.25) is 5.91 Å². The molecule has 9 N–H and O–H groups in total. The summed E-state index contributed by atoms with van der Waals surface area (Å²) in [7, 11) is 0. The number of amides is 1. The van der Waals surface area contributed by atoms with E-state index in [0.717, 1.165) is 70.6 Å². The van der Waals surface area contributed by atoms with Gasteiger partial charge in [-0.1, -0.05) is 244 Å². The number of hydrogen-bond acceptors (Lipinski definition) is 13. The Balaban J connectivity index is 1.71. The van der Waals surface area contributed by atoms with Crippen molar-refractivity contribution < 1.29 is 64.6 Å². The summed E-state index contributed by atoms with van der Waals surface area (Å²) in [5, 5.41) is 87.3. The third-order valence-corrected chi connectivity index (χ3v) is 15.7. The average Bonchev–Trinajstić information content (AvgIpc) is 3.42. The van der Waals surface area contributed by atoms with Crippen molar-refractivity contribution in [3.63, 3.8) is 0 Å². The molecular formula is C62H117NO13. The predicted molar refractivity (Wildman–Crippen MR) is 305 cm³/mol. The van der Waals surface area contributed by atoms with Gasteiger partial charge in [0.1, 0.15) is 48.8 Å². The van der Waals surface area contributed by atoms with Gasteiger partial charge in [0.25, 0.3) is 0 Å². The van der Waals surface area contributed by atoms with Gasteiger partial charge in [-0.05, 0) is 44.9 Å². The number of allylic oxidation sites excluding steroid dienone is 4. The molecule has 2 aliphatic heterocycles. The number of ether oxygens (including phenoxy) is 4. The highest BCUT2D eigenvalue weighted by atomic mass is 16.7. The third kappa shape index (κ3) is 33.3. The van der Waals surface area contributed by atoms with E-state index >= 15 is 0 Å². The molecule has 0 saturated carbocycles. The zero-order valence-corrected chi connectivity index (χ0v) is 48.3. The Kier molecular flexibility index (Phi) is 44.8. The Morgan fingerprint density at radius 3 is 1.33 bits per heavy atom. The summed E-state index contributed by atoms with van der Waals surface area (Å²) in [6.07, 6.45) is 40.4. The van der Waals surface area contributed by atoms with E-state index in [-0.39, 0.29) is 18.9 Å². The number of unbranched alkanes of at least 4 members (excludes halogenated alkanes) is 34. The summed E-state index contributed by atoms with van der Waals surface area (Å²) in [5.74, 6) is -0.217. The topological polar surface area (TPSA) is 228 Å². The maximum absolute atomic E-state index is 13.3. The lowest BCUT2D eigenvalue weighted by Gasteiger charge is -2.46. The maximum Gasteiger partial charge on any atom is 0.220 e. The highest BCUT2D eigenvalue weighted by molar-refractivity contribution is 5.76. The molecule has 0 spiro atoms. The molecule has 0 aromatic rings. The molecule has 0 radical (unpaired) electrons. The molecule has 12 atom stereocenters. The van der Waals surface area contributed by atoms with Gasteiger partial charge in [0.05, 0.1) is 32.0 Å². The molecular weight excluding hydrogens is 967 g/mol. The second-order valence-electron chi connectivity index (χ2n) is 22.5. The second kappa shape index (κ2) is 48.2. The van der Waals surface area contributed by atoms with E-state index in [9.17, 15) is 45.6 Å². The molecule has 1 amide bonds. The lowest BCUT2D eigenvalue weighted by Crippen LogP contribution is -2.65. The van der Waals surface area contributed by atoms with Gasteiger partial charge in [-0.15, -0.1) is 0 Å². The standard InChI is InChI=1S/C62H117NO13/c1-3-5-7-9-11-13-15-17-19-21-22-23-24-25-26-27-28-29-30-31-33-35-37-39-41-43-45-51(66)50(63-54(67)46-44-42-40-38-36-34-32-20-18-16-14-12-10-8-6-4-2)49-73-61-59(72)57(70)60(53(48-65)75-61)76-62-58(71)56(69)55(68)52(47-64)74-62/h14,16,20,32,50-53,55-62,64-66,68-72H,3-13,15,17-19,21-31,33-49H2,1-2H3,(H,63,67)/b16-14-,32-20-. The van der Waals surface area contributed by atoms with Crippen LogP contribution in [0.4, 0.5) is 0 Å². The van der Waals surface area contributed by atoms with Crippen LogP contribution in [0.3, 0.4) is 0 Å². The number of rotatable bonds is 51. The fraction of sp³-hybridized carbons (Fsp3) is 0.919. The number of nitrogens with one attached hydrogen (secondary N) is 1. The van der Waals surface area contributed by atoms with Gasteiger partial charge in [-0.2, -0.15) is 0 Å². The predicted octanol–water partition coefficient (Wildman–Crippen LogP) is 11.2. The Hall–Kier alpha value is -1.53. The minimum atomic E-state index is -1.78. The van der Waals surface area contributed by atoms with Crippen LogP contribution in [0.25, 0.3) is 0 Å². The minimum Gasteiger partial charge on any atom is -0.394 e. The van der Waals surface area contributed by atoms with Crippen molar-refractivity contribution in [3.8, 4) is 0 Å². The van der Waals surface area contributed by atoms with Crippen LogP contribution >= 0.6 is 0 Å². The number of hydrogen-bond donors (Lipinski definition) is 9. The van der Waals surface area contributed by atoms with Crippen LogP contribution < -0.4 is 5.32 Å². The van der Waals surface area contributed by atoms with Crippen LogP contribution in [0.15, 0.2) is 24.3 Å². The Labute approximate surface area is 462 Å². The Bertz CT molecular complexity index is 1370. The summed E-state index contributed by atoms with van der Waals surface area (Å²) in [4.78, 5) is 13.3. The van der Waals surface area contributed by atoms with Crippen LogP contribution in [0.5, 0.6) is 0 Å². The number of carbonyl (C=O) groups excluding carboxylic acids is 1. The van der Waals surface area contributed by atoms with Gasteiger partial charge in [-0.3, -0.25) is 4.79 Å². The summed E-state index contributed by atoms with van der Waals surface area (Å²) in [6.45, 7) is 2.86. The Morgan fingerprint density at radius 1 is 0.474 bits per heavy atom.